The Bertz CT molecular complexity index is 650. The van der Waals surface area contributed by atoms with Crippen LogP contribution in [0.4, 0.5) is 5.82 Å². The Morgan fingerprint density at radius 1 is 1.14 bits per heavy atom. The maximum atomic E-state index is 6.15. The van der Waals surface area contributed by atoms with Gasteiger partial charge in [0.25, 0.3) is 0 Å². The van der Waals surface area contributed by atoms with E-state index in [0.29, 0.717) is 16.7 Å². The summed E-state index contributed by atoms with van der Waals surface area (Å²) in [5.41, 5.74) is 0.683. The van der Waals surface area contributed by atoms with Crippen molar-refractivity contribution in [2.45, 2.75) is 33.1 Å². The van der Waals surface area contributed by atoms with Gasteiger partial charge in [-0.25, -0.2) is 4.98 Å². The molecule has 21 heavy (non-hydrogen) atoms. The highest BCUT2D eigenvalue weighted by Gasteiger charge is 2.22. The Kier molecular flexibility index (Phi) is 4.37. The van der Waals surface area contributed by atoms with Gasteiger partial charge in [-0.05, 0) is 19.1 Å². The molecular weight excluding hydrogens is 286 g/mol. The van der Waals surface area contributed by atoms with Gasteiger partial charge < -0.3 is 10.1 Å². The molecule has 0 unspecified atom stereocenters. The van der Waals surface area contributed by atoms with Crippen LogP contribution >= 0.6 is 11.6 Å². The summed E-state index contributed by atoms with van der Waals surface area (Å²) in [4.78, 5) is 9.11. The SMILES string of the molecule is CNc1nc(C(C)(C)C)nc(Oc2ccccc2Cl)c1C. The quantitative estimate of drug-likeness (QED) is 0.902. The molecule has 5 heteroatoms. The summed E-state index contributed by atoms with van der Waals surface area (Å²) in [5, 5.41) is 3.64. The van der Waals surface area contributed by atoms with Crippen LogP contribution < -0.4 is 10.1 Å². The number of para-hydroxylation sites is 1. The summed E-state index contributed by atoms with van der Waals surface area (Å²) in [6.45, 7) is 8.12. The van der Waals surface area contributed by atoms with Gasteiger partial charge >= 0.3 is 0 Å². The zero-order valence-electron chi connectivity index (χ0n) is 13.0. The first-order chi connectivity index (χ1) is 9.82. The van der Waals surface area contributed by atoms with Gasteiger partial charge in [-0.3, -0.25) is 0 Å². The molecule has 1 N–H and O–H groups in total. The van der Waals surface area contributed by atoms with Crippen molar-refractivity contribution in [2.75, 3.05) is 12.4 Å². The third-order valence-electron chi connectivity index (χ3n) is 3.05. The van der Waals surface area contributed by atoms with Gasteiger partial charge in [0.15, 0.2) is 0 Å². The first-order valence-corrected chi connectivity index (χ1v) is 7.20. The topological polar surface area (TPSA) is 47.0 Å². The third kappa shape index (κ3) is 3.45. The smallest absolute Gasteiger partial charge is 0.227 e. The van der Waals surface area contributed by atoms with Crippen molar-refractivity contribution in [3.8, 4) is 11.6 Å². The lowest BCUT2D eigenvalue weighted by Gasteiger charge is -2.20. The van der Waals surface area contributed by atoms with Gasteiger partial charge in [0, 0.05) is 12.5 Å². The van der Waals surface area contributed by atoms with Crippen molar-refractivity contribution >= 4 is 17.4 Å². The van der Waals surface area contributed by atoms with Crippen LogP contribution in [-0.2, 0) is 5.41 Å². The number of aromatic nitrogens is 2. The zero-order valence-corrected chi connectivity index (χ0v) is 13.7. The van der Waals surface area contributed by atoms with E-state index in [1.807, 2.05) is 32.2 Å². The first kappa shape index (κ1) is 15.6. The van der Waals surface area contributed by atoms with E-state index in [1.54, 1.807) is 6.07 Å². The van der Waals surface area contributed by atoms with Gasteiger partial charge in [0.2, 0.25) is 5.88 Å². The number of rotatable bonds is 3. The molecule has 0 radical (unpaired) electrons. The molecule has 1 heterocycles. The van der Waals surface area contributed by atoms with Crippen LogP contribution in [0.5, 0.6) is 11.6 Å². The van der Waals surface area contributed by atoms with Gasteiger partial charge in [0.1, 0.15) is 17.4 Å². The number of nitrogens with one attached hydrogen (secondary N) is 1. The van der Waals surface area contributed by atoms with Gasteiger partial charge in [-0.15, -0.1) is 0 Å². The summed E-state index contributed by atoms with van der Waals surface area (Å²) in [6, 6.07) is 7.35. The van der Waals surface area contributed by atoms with E-state index < -0.39 is 0 Å². The van der Waals surface area contributed by atoms with Crippen LogP contribution in [0.1, 0.15) is 32.2 Å². The second-order valence-electron chi connectivity index (χ2n) is 5.86. The standard InChI is InChI=1S/C16H20ClN3O/c1-10-13(18-5)19-15(16(2,3)4)20-14(10)21-12-9-7-6-8-11(12)17/h6-9H,1-5H3,(H,18,19,20). The van der Waals surface area contributed by atoms with Crippen LogP contribution in [0.2, 0.25) is 5.02 Å². The van der Waals surface area contributed by atoms with Crippen LogP contribution in [0, 0.1) is 6.92 Å². The minimum Gasteiger partial charge on any atom is -0.437 e. The molecule has 0 fully saturated rings. The largest absolute Gasteiger partial charge is 0.437 e. The minimum atomic E-state index is -0.169. The number of halogens is 1. The molecule has 0 saturated carbocycles. The van der Waals surface area contributed by atoms with Gasteiger partial charge in [-0.1, -0.05) is 44.5 Å². The lowest BCUT2D eigenvalue weighted by Crippen LogP contribution is -2.18. The molecule has 1 aromatic carbocycles. The number of nitrogens with zero attached hydrogens (tertiary/aromatic N) is 2. The molecule has 2 aromatic rings. The molecule has 112 valence electrons. The molecule has 0 amide bonds. The molecule has 0 atom stereocenters. The van der Waals surface area contributed by atoms with Crippen molar-refractivity contribution < 1.29 is 4.74 Å². The maximum Gasteiger partial charge on any atom is 0.227 e. The highest BCUT2D eigenvalue weighted by molar-refractivity contribution is 6.32. The maximum absolute atomic E-state index is 6.15. The molecule has 0 aliphatic carbocycles. The Morgan fingerprint density at radius 2 is 1.81 bits per heavy atom. The van der Waals surface area contributed by atoms with Crippen molar-refractivity contribution in [3.05, 3.63) is 40.7 Å². The van der Waals surface area contributed by atoms with Crippen LogP contribution in [-0.4, -0.2) is 17.0 Å². The first-order valence-electron chi connectivity index (χ1n) is 6.82. The monoisotopic (exact) mass is 305 g/mol. The third-order valence-corrected chi connectivity index (χ3v) is 3.36. The van der Waals surface area contributed by atoms with Crippen LogP contribution in [0.25, 0.3) is 0 Å². The second-order valence-corrected chi connectivity index (χ2v) is 6.27. The van der Waals surface area contributed by atoms with Crippen molar-refractivity contribution in [1.82, 2.24) is 9.97 Å². The van der Waals surface area contributed by atoms with Crippen molar-refractivity contribution in [3.63, 3.8) is 0 Å². The van der Waals surface area contributed by atoms with Crippen LogP contribution in [0.15, 0.2) is 24.3 Å². The predicted molar refractivity (Wildman–Crippen MR) is 86.5 cm³/mol. The average molecular weight is 306 g/mol. The Hall–Kier alpha value is -1.81. The van der Waals surface area contributed by atoms with Crippen molar-refractivity contribution in [1.29, 1.82) is 0 Å². The minimum absolute atomic E-state index is 0.169. The Morgan fingerprint density at radius 3 is 2.38 bits per heavy atom. The average Bonchev–Trinajstić information content (AvgIpc) is 2.42. The normalized spacial score (nSPS) is 11.3. The summed E-state index contributed by atoms with van der Waals surface area (Å²) < 4.78 is 5.90. The highest BCUT2D eigenvalue weighted by atomic mass is 35.5. The Balaban J connectivity index is 2.50. The molecule has 0 saturated heterocycles. The molecule has 0 aliphatic rings. The predicted octanol–water partition coefficient (Wildman–Crippen LogP) is 4.57. The lowest BCUT2D eigenvalue weighted by molar-refractivity contribution is 0.443. The van der Waals surface area contributed by atoms with Crippen molar-refractivity contribution in [2.24, 2.45) is 0 Å². The number of anilines is 1. The second kappa shape index (κ2) is 5.90. The fraction of sp³-hybridized carbons (Fsp3) is 0.375. The molecule has 2 rings (SSSR count). The molecular formula is C16H20ClN3O. The molecule has 4 nitrogen and oxygen atoms in total. The van der Waals surface area contributed by atoms with Gasteiger partial charge in [0.05, 0.1) is 10.6 Å². The zero-order chi connectivity index (χ0) is 15.6. The summed E-state index contributed by atoms with van der Waals surface area (Å²) >= 11 is 6.15. The summed E-state index contributed by atoms with van der Waals surface area (Å²) in [7, 11) is 1.83. The summed E-state index contributed by atoms with van der Waals surface area (Å²) in [6.07, 6.45) is 0. The van der Waals surface area contributed by atoms with E-state index in [1.165, 1.54) is 0 Å². The van der Waals surface area contributed by atoms with E-state index in [9.17, 15) is 0 Å². The number of hydrogen-bond acceptors (Lipinski definition) is 4. The highest BCUT2D eigenvalue weighted by Crippen LogP contribution is 2.33. The van der Waals surface area contributed by atoms with E-state index in [4.69, 9.17) is 16.3 Å². The fourth-order valence-electron chi connectivity index (χ4n) is 1.81. The number of benzene rings is 1. The lowest BCUT2D eigenvalue weighted by atomic mass is 9.95. The van der Waals surface area contributed by atoms with E-state index in [0.717, 1.165) is 17.2 Å². The van der Waals surface area contributed by atoms with E-state index in [2.05, 4.69) is 36.1 Å². The molecule has 0 spiro atoms. The van der Waals surface area contributed by atoms with E-state index >= 15 is 0 Å². The number of hydrogen-bond donors (Lipinski definition) is 1. The fourth-order valence-corrected chi connectivity index (χ4v) is 1.98. The number of ether oxygens (including phenoxy) is 1. The Labute approximate surface area is 130 Å². The molecule has 0 bridgehead atoms. The van der Waals surface area contributed by atoms with E-state index in [-0.39, 0.29) is 5.41 Å². The van der Waals surface area contributed by atoms with Crippen LogP contribution in [0.3, 0.4) is 0 Å². The molecule has 0 aliphatic heterocycles. The summed E-state index contributed by atoms with van der Waals surface area (Å²) in [5.74, 6) is 2.59. The molecule has 1 aromatic heterocycles. The van der Waals surface area contributed by atoms with Gasteiger partial charge in [-0.2, -0.15) is 4.98 Å².